The van der Waals surface area contributed by atoms with Crippen LogP contribution in [0.3, 0.4) is 0 Å². The van der Waals surface area contributed by atoms with E-state index in [0.29, 0.717) is 5.56 Å². The van der Waals surface area contributed by atoms with Gasteiger partial charge in [-0.25, -0.2) is 4.79 Å². The Hall–Kier alpha value is -5.80. The van der Waals surface area contributed by atoms with Crippen LogP contribution in [0.2, 0.25) is 0 Å². The molecule has 0 saturated carbocycles. The van der Waals surface area contributed by atoms with E-state index in [4.69, 9.17) is 5.73 Å². The molecule has 1 fully saturated rings. The highest BCUT2D eigenvalue weighted by molar-refractivity contribution is 6.06. The molecule has 6 atom stereocenters. The summed E-state index contributed by atoms with van der Waals surface area (Å²) >= 11 is 0. The van der Waals surface area contributed by atoms with Crippen LogP contribution in [0.25, 0.3) is 0 Å². The first kappa shape index (κ1) is 41.6. The first-order valence-electron chi connectivity index (χ1n) is 17.5. The molecular weight excluding hydrogens is 684 g/mol. The van der Waals surface area contributed by atoms with Gasteiger partial charge in [-0.2, -0.15) is 0 Å². The third-order valence-electron chi connectivity index (χ3n) is 8.47. The maximum Gasteiger partial charge on any atom is 0.322 e. The van der Waals surface area contributed by atoms with Gasteiger partial charge in [0.15, 0.2) is 0 Å². The highest BCUT2D eigenvalue weighted by atomic mass is 16.2. The number of hydrogen-bond acceptors (Lipinski definition) is 8. The molecule has 16 heteroatoms. The van der Waals surface area contributed by atoms with Gasteiger partial charge in [0.2, 0.25) is 35.4 Å². The van der Waals surface area contributed by atoms with Gasteiger partial charge >= 0.3 is 6.03 Å². The molecule has 286 valence electrons. The molecule has 1 saturated heterocycles. The monoisotopic (exact) mass is 734 g/mol. The molecule has 53 heavy (non-hydrogen) atoms. The average Bonchev–Trinajstić information content (AvgIpc) is 3.41. The Morgan fingerprint density at radius 1 is 0.660 bits per heavy atom. The van der Waals surface area contributed by atoms with Crippen LogP contribution in [0.15, 0.2) is 60.7 Å². The topological polar surface area (TPSA) is 247 Å². The fourth-order valence-electron chi connectivity index (χ4n) is 5.57. The van der Waals surface area contributed by atoms with Crippen molar-refractivity contribution in [1.29, 1.82) is 0 Å². The quantitative estimate of drug-likeness (QED) is 0.0889. The Kier molecular flexibility index (Phi) is 15.5. The van der Waals surface area contributed by atoms with Crippen LogP contribution in [-0.4, -0.2) is 83.6 Å². The lowest BCUT2D eigenvalue weighted by Gasteiger charge is -2.29. The Morgan fingerprint density at radius 3 is 1.60 bits per heavy atom. The number of benzene rings is 2. The number of carbonyl (C=O) groups is 8. The van der Waals surface area contributed by atoms with E-state index < -0.39 is 96.0 Å². The lowest BCUT2D eigenvalue weighted by Crippen LogP contribution is -2.60. The van der Waals surface area contributed by atoms with Crippen molar-refractivity contribution in [3.05, 3.63) is 71.8 Å². The second-order valence-corrected chi connectivity index (χ2v) is 13.8. The normalized spacial score (nSPS) is 16.6. The van der Waals surface area contributed by atoms with Gasteiger partial charge < -0.3 is 37.6 Å². The van der Waals surface area contributed by atoms with Crippen LogP contribution < -0.4 is 43.0 Å². The Labute approximate surface area is 308 Å². The standard InChI is InChI=1S/C37H50N8O8/c1-20(2)16-25(40-29(46)19-28-35(51)45-37(53)43-28)34(50)44-30(21(3)4)36(52)42-27(18-24-14-10-7-11-15-24)33(49)41-26(17-23-12-8-6-9-13-23)32(48)39-22(5)31(38)47/h6-15,20-22,25-28,30H,16-19H2,1-5H3,(H2,38,47)(H,39,48)(H,40,46)(H,41,49)(H,42,52)(H,44,50)(H2,43,45,51,53)/t22-,25-,26-,27-,28?,30-/m1/s1. The van der Waals surface area contributed by atoms with Gasteiger partial charge in [0, 0.05) is 12.8 Å². The summed E-state index contributed by atoms with van der Waals surface area (Å²) in [5.74, 6) is -5.29. The lowest BCUT2D eigenvalue weighted by molar-refractivity contribution is -0.135. The molecule has 9 amide bonds. The molecule has 2 aromatic rings. The van der Waals surface area contributed by atoms with E-state index in [-0.39, 0.29) is 25.2 Å². The summed E-state index contributed by atoms with van der Waals surface area (Å²) in [5.41, 5.74) is 6.79. The minimum atomic E-state index is -1.21. The van der Waals surface area contributed by atoms with E-state index in [2.05, 4.69) is 37.2 Å². The van der Waals surface area contributed by atoms with Gasteiger partial charge in [0.05, 0.1) is 6.42 Å². The largest absolute Gasteiger partial charge is 0.368 e. The van der Waals surface area contributed by atoms with Crippen molar-refractivity contribution < 1.29 is 38.4 Å². The Morgan fingerprint density at radius 2 is 1.15 bits per heavy atom. The van der Waals surface area contributed by atoms with E-state index in [1.807, 2.05) is 13.8 Å². The molecule has 0 radical (unpaired) electrons. The van der Waals surface area contributed by atoms with Crippen LogP contribution in [0.1, 0.15) is 58.6 Å². The number of rotatable bonds is 19. The Bertz CT molecular complexity index is 1640. The molecule has 9 N–H and O–H groups in total. The average molecular weight is 735 g/mol. The van der Waals surface area contributed by atoms with E-state index in [9.17, 15) is 38.4 Å². The number of carbonyl (C=O) groups excluding carboxylic acids is 8. The number of hydrogen-bond donors (Lipinski definition) is 8. The molecule has 1 heterocycles. The molecule has 0 bridgehead atoms. The highest BCUT2D eigenvalue weighted by Gasteiger charge is 2.35. The number of primary amides is 1. The maximum atomic E-state index is 14.0. The number of nitrogens with one attached hydrogen (secondary N) is 7. The predicted molar refractivity (Wildman–Crippen MR) is 194 cm³/mol. The molecule has 0 aliphatic carbocycles. The van der Waals surface area contributed by atoms with Crippen LogP contribution in [-0.2, 0) is 46.4 Å². The SMILES string of the molecule is CC(C)C[C@@H](NC(=O)CC1NC(=O)NC1=O)C(=O)N[C@@H](C(=O)N[C@H](Cc1ccccc1)C(=O)N[C@H](Cc1ccccc1)C(=O)N[C@H](C)C(N)=O)C(C)C. The van der Waals surface area contributed by atoms with Gasteiger partial charge in [-0.15, -0.1) is 0 Å². The summed E-state index contributed by atoms with van der Waals surface area (Å²) in [6.45, 7) is 8.51. The minimum Gasteiger partial charge on any atom is -0.368 e. The number of nitrogens with two attached hydrogens (primary N) is 1. The first-order valence-corrected chi connectivity index (χ1v) is 17.5. The first-order chi connectivity index (χ1) is 25.0. The van der Waals surface area contributed by atoms with E-state index in [1.165, 1.54) is 6.92 Å². The molecule has 0 aromatic heterocycles. The molecular formula is C37H50N8O8. The minimum absolute atomic E-state index is 0.0336. The zero-order valence-corrected chi connectivity index (χ0v) is 30.6. The van der Waals surface area contributed by atoms with Crippen LogP contribution in [0.5, 0.6) is 0 Å². The summed E-state index contributed by atoms with van der Waals surface area (Å²) in [6, 6.07) is 10.4. The zero-order valence-electron chi connectivity index (χ0n) is 30.6. The van der Waals surface area contributed by atoms with Crippen LogP contribution in [0.4, 0.5) is 4.79 Å². The second kappa shape index (κ2) is 19.7. The third kappa shape index (κ3) is 13.4. The van der Waals surface area contributed by atoms with Crippen molar-refractivity contribution in [2.75, 3.05) is 0 Å². The maximum absolute atomic E-state index is 14.0. The van der Waals surface area contributed by atoms with Crippen molar-refractivity contribution in [2.24, 2.45) is 17.6 Å². The van der Waals surface area contributed by atoms with Crippen LogP contribution >= 0.6 is 0 Å². The van der Waals surface area contributed by atoms with Crippen LogP contribution in [0, 0.1) is 11.8 Å². The molecule has 1 unspecified atom stereocenters. The predicted octanol–water partition coefficient (Wildman–Crippen LogP) is -0.299. The summed E-state index contributed by atoms with van der Waals surface area (Å²) in [5, 5.41) is 17.7. The fourth-order valence-corrected chi connectivity index (χ4v) is 5.57. The molecule has 2 aromatic carbocycles. The van der Waals surface area contributed by atoms with Crippen molar-refractivity contribution in [2.45, 2.75) is 96.6 Å². The third-order valence-corrected chi connectivity index (χ3v) is 8.47. The van der Waals surface area contributed by atoms with Gasteiger partial charge in [0.1, 0.15) is 36.3 Å². The molecule has 0 spiro atoms. The Balaban J connectivity index is 1.82. The lowest BCUT2D eigenvalue weighted by atomic mass is 9.98. The van der Waals surface area contributed by atoms with Gasteiger partial charge in [-0.3, -0.25) is 38.9 Å². The molecule has 3 rings (SSSR count). The van der Waals surface area contributed by atoms with Crippen molar-refractivity contribution in [1.82, 2.24) is 37.2 Å². The van der Waals surface area contributed by atoms with E-state index in [0.717, 1.165) is 5.56 Å². The van der Waals surface area contributed by atoms with E-state index in [1.54, 1.807) is 74.5 Å². The van der Waals surface area contributed by atoms with Gasteiger partial charge in [-0.05, 0) is 36.3 Å². The smallest absolute Gasteiger partial charge is 0.322 e. The fraction of sp³-hybridized carbons (Fsp3) is 0.459. The second-order valence-electron chi connectivity index (χ2n) is 13.8. The molecule has 16 nitrogen and oxygen atoms in total. The van der Waals surface area contributed by atoms with Crippen molar-refractivity contribution in [3.63, 3.8) is 0 Å². The molecule has 1 aliphatic rings. The summed E-state index contributed by atoms with van der Waals surface area (Å²) in [6.07, 6.45) is -0.0900. The highest BCUT2D eigenvalue weighted by Crippen LogP contribution is 2.12. The number of urea groups is 1. The summed E-state index contributed by atoms with van der Waals surface area (Å²) < 4.78 is 0. The number of imide groups is 1. The van der Waals surface area contributed by atoms with Crippen molar-refractivity contribution >= 4 is 47.4 Å². The molecule has 1 aliphatic heterocycles. The summed E-state index contributed by atoms with van der Waals surface area (Å²) in [7, 11) is 0. The van der Waals surface area contributed by atoms with Gasteiger partial charge in [-0.1, -0.05) is 88.4 Å². The van der Waals surface area contributed by atoms with Crippen molar-refractivity contribution in [3.8, 4) is 0 Å². The summed E-state index contributed by atoms with van der Waals surface area (Å²) in [4.78, 5) is 103. The number of amides is 9. The van der Waals surface area contributed by atoms with Gasteiger partial charge in [0.25, 0.3) is 5.91 Å². The zero-order chi connectivity index (χ0) is 39.2. The van der Waals surface area contributed by atoms with E-state index >= 15 is 0 Å².